The molecule has 0 aliphatic carbocycles. The molecule has 0 unspecified atom stereocenters. The van der Waals surface area contributed by atoms with Crippen LogP contribution in [0.5, 0.6) is 0 Å². The molecule has 1 aromatic carbocycles. The maximum absolute atomic E-state index is 13.0. The highest BCUT2D eigenvalue weighted by Crippen LogP contribution is 2.17. The maximum Gasteiger partial charge on any atom is 0.123 e. The fourth-order valence-electron chi connectivity index (χ4n) is 1.45. The van der Waals surface area contributed by atoms with E-state index < -0.39 is 0 Å². The highest BCUT2D eigenvalue weighted by atomic mass is 79.9. The van der Waals surface area contributed by atoms with Crippen molar-refractivity contribution in [2.75, 3.05) is 33.5 Å². The molecule has 0 heterocycles. The van der Waals surface area contributed by atoms with E-state index >= 15 is 0 Å². The van der Waals surface area contributed by atoms with Crippen molar-refractivity contribution in [3.05, 3.63) is 34.1 Å². The van der Waals surface area contributed by atoms with Crippen LogP contribution in [0.3, 0.4) is 0 Å². The largest absolute Gasteiger partial charge is 0.385 e. The Bertz CT molecular complexity index is 350. The molecule has 102 valence electrons. The van der Waals surface area contributed by atoms with Gasteiger partial charge in [0, 0.05) is 37.9 Å². The fraction of sp³-hybridized carbons (Fsp3) is 0.538. The summed E-state index contributed by atoms with van der Waals surface area (Å²) >= 11 is 3.39. The number of ether oxygens (including phenoxy) is 2. The number of methoxy groups -OCH3 is 1. The lowest BCUT2D eigenvalue weighted by Gasteiger charge is -2.08. The number of benzene rings is 1. The summed E-state index contributed by atoms with van der Waals surface area (Å²) < 4.78 is 24.2. The van der Waals surface area contributed by atoms with Crippen LogP contribution < -0.4 is 5.32 Å². The molecular formula is C13H19BrFNO2. The smallest absolute Gasteiger partial charge is 0.123 e. The third-order valence-corrected chi connectivity index (χ3v) is 3.16. The van der Waals surface area contributed by atoms with Gasteiger partial charge in [-0.2, -0.15) is 0 Å². The first-order valence-corrected chi connectivity index (χ1v) is 6.74. The molecule has 0 fully saturated rings. The van der Waals surface area contributed by atoms with Gasteiger partial charge in [0.2, 0.25) is 0 Å². The van der Waals surface area contributed by atoms with Crippen LogP contribution in [0, 0.1) is 5.82 Å². The predicted octanol–water partition coefficient (Wildman–Crippen LogP) is 2.73. The summed E-state index contributed by atoms with van der Waals surface area (Å²) in [7, 11) is 1.68. The van der Waals surface area contributed by atoms with Gasteiger partial charge in [0.25, 0.3) is 0 Å². The minimum atomic E-state index is -0.217. The first-order valence-electron chi connectivity index (χ1n) is 5.95. The van der Waals surface area contributed by atoms with E-state index in [0.29, 0.717) is 19.8 Å². The Balaban J connectivity index is 2.09. The normalized spacial score (nSPS) is 10.8. The van der Waals surface area contributed by atoms with Crippen molar-refractivity contribution in [1.29, 1.82) is 0 Å². The predicted molar refractivity (Wildman–Crippen MR) is 73.1 cm³/mol. The molecule has 1 N–H and O–H groups in total. The highest BCUT2D eigenvalue weighted by Gasteiger charge is 2.01. The number of hydrogen-bond donors (Lipinski definition) is 1. The second-order valence-electron chi connectivity index (χ2n) is 3.87. The molecule has 3 nitrogen and oxygen atoms in total. The molecule has 18 heavy (non-hydrogen) atoms. The van der Waals surface area contributed by atoms with Crippen molar-refractivity contribution >= 4 is 15.9 Å². The maximum atomic E-state index is 13.0. The van der Waals surface area contributed by atoms with Crippen LogP contribution in [-0.2, 0) is 16.0 Å². The van der Waals surface area contributed by atoms with Crippen LogP contribution in [0.4, 0.5) is 4.39 Å². The van der Waals surface area contributed by atoms with Crippen molar-refractivity contribution in [1.82, 2.24) is 5.32 Å². The summed E-state index contributed by atoms with van der Waals surface area (Å²) in [6.45, 7) is 3.45. The van der Waals surface area contributed by atoms with Crippen LogP contribution in [-0.4, -0.2) is 33.5 Å². The minimum Gasteiger partial charge on any atom is -0.385 e. The zero-order valence-corrected chi connectivity index (χ0v) is 12.1. The molecule has 0 radical (unpaired) electrons. The minimum absolute atomic E-state index is 0.217. The SMILES string of the molecule is COCCCOCCNCc1cc(F)ccc1Br. The molecule has 0 saturated carbocycles. The Morgan fingerprint density at radius 3 is 2.89 bits per heavy atom. The molecule has 5 heteroatoms. The Morgan fingerprint density at radius 2 is 2.11 bits per heavy atom. The second-order valence-corrected chi connectivity index (χ2v) is 4.73. The average Bonchev–Trinajstić information content (AvgIpc) is 2.36. The van der Waals surface area contributed by atoms with Gasteiger partial charge in [0.15, 0.2) is 0 Å². The molecule has 0 aromatic heterocycles. The summed E-state index contributed by atoms with van der Waals surface area (Å²) in [6, 6.07) is 4.68. The zero-order valence-electron chi connectivity index (χ0n) is 10.5. The van der Waals surface area contributed by atoms with Gasteiger partial charge in [-0.1, -0.05) is 15.9 Å². The summed E-state index contributed by atoms with van der Waals surface area (Å²) in [6.07, 6.45) is 0.909. The summed E-state index contributed by atoms with van der Waals surface area (Å²) in [4.78, 5) is 0. The molecule has 0 aliphatic heterocycles. The molecule has 1 aromatic rings. The van der Waals surface area contributed by atoms with Crippen molar-refractivity contribution in [3.8, 4) is 0 Å². The molecule has 0 atom stereocenters. The summed E-state index contributed by atoms with van der Waals surface area (Å²) in [5.74, 6) is -0.217. The van der Waals surface area contributed by atoms with Gasteiger partial charge >= 0.3 is 0 Å². The van der Waals surface area contributed by atoms with Crippen LogP contribution in [0.25, 0.3) is 0 Å². The van der Waals surface area contributed by atoms with Gasteiger partial charge in [-0.15, -0.1) is 0 Å². The lowest BCUT2D eigenvalue weighted by Crippen LogP contribution is -2.20. The number of rotatable bonds is 9. The van der Waals surface area contributed by atoms with E-state index in [4.69, 9.17) is 9.47 Å². The average molecular weight is 320 g/mol. The lowest BCUT2D eigenvalue weighted by molar-refractivity contribution is 0.104. The third kappa shape index (κ3) is 6.44. The second kappa shape index (κ2) is 9.44. The lowest BCUT2D eigenvalue weighted by atomic mass is 10.2. The Kier molecular flexibility index (Phi) is 8.17. The Labute approximate surface area is 116 Å². The van der Waals surface area contributed by atoms with Crippen LogP contribution in [0.2, 0.25) is 0 Å². The van der Waals surface area contributed by atoms with E-state index in [1.165, 1.54) is 12.1 Å². The first kappa shape index (κ1) is 15.6. The van der Waals surface area contributed by atoms with Gasteiger partial charge in [-0.3, -0.25) is 0 Å². The van der Waals surface area contributed by atoms with Gasteiger partial charge < -0.3 is 14.8 Å². The zero-order chi connectivity index (χ0) is 13.2. The highest BCUT2D eigenvalue weighted by molar-refractivity contribution is 9.10. The van der Waals surface area contributed by atoms with Crippen molar-refractivity contribution in [2.45, 2.75) is 13.0 Å². The van der Waals surface area contributed by atoms with E-state index in [9.17, 15) is 4.39 Å². The summed E-state index contributed by atoms with van der Waals surface area (Å²) in [5.41, 5.74) is 0.911. The number of nitrogens with one attached hydrogen (secondary N) is 1. The fourth-order valence-corrected chi connectivity index (χ4v) is 1.84. The number of halogens is 2. The van der Waals surface area contributed by atoms with E-state index in [2.05, 4.69) is 21.2 Å². The van der Waals surface area contributed by atoms with E-state index in [1.54, 1.807) is 13.2 Å². The van der Waals surface area contributed by atoms with Crippen LogP contribution in [0.15, 0.2) is 22.7 Å². The molecule has 1 rings (SSSR count). The van der Waals surface area contributed by atoms with E-state index in [1.807, 2.05) is 0 Å². The standard InChI is InChI=1S/C13H19BrFNO2/c1-17-6-2-7-18-8-5-16-10-11-9-12(15)3-4-13(11)14/h3-4,9,16H,2,5-8,10H2,1H3. The molecule has 0 bridgehead atoms. The monoisotopic (exact) mass is 319 g/mol. The molecule has 0 saturated heterocycles. The van der Waals surface area contributed by atoms with Gasteiger partial charge in [-0.25, -0.2) is 4.39 Å². The molecule has 0 spiro atoms. The van der Waals surface area contributed by atoms with Gasteiger partial charge in [0.1, 0.15) is 5.82 Å². The first-order chi connectivity index (χ1) is 8.74. The van der Waals surface area contributed by atoms with Crippen molar-refractivity contribution < 1.29 is 13.9 Å². The topological polar surface area (TPSA) is 30.5 Å². The van der Waals surface area contributed by atoms with E-state index in [-0.39, 0.29) is 5.82 Å². The third-order valence-electron chi connectivity index (χ3n) is 2.38. The van der Waals surface area contributed by atoms with Gasteiger partial charge in [0.05, 0.1) is 6.61 Å². The summed E-state index contributed by atoms with van der Waals surface area (Å²) in [5, 5.41) is 3.21. The quantitative estimate of drug-likeness (QED) is 0.710. The van der Waals surface area contributed by atoms with Crippen LogP contribution in [0.1, 0.15) is 12.0 Å². The number of hydrogen-bond acceptors (Lipinski definition) is 3. The van der Waals surface area contributed by atoms with E-state index in [0.717, 1.165) is 29.6 Å². The van der Waals surface area contributed by atoms with Crippen molar-refractivity contribution in [2.24, 2.45) is 0 Å². The van der Waals surface area contributed by atoms with Crippen molar-refractivity contribution in [3.63, 3.8) is 0 Å². The van der Waals surface area contributed by atoms with Gasteiger partial charge in [-0.05, 0) is 30.2 Å². The Hall–Kier alpha value is -0.490. The molecule has 0 amide bonds. The molecule has 0 aliphatic rings. The molecular weight excluding hydrogens is 301 g/mol. The van der Waals surface area contributed by atoms with Crippen LogP contribution >= 0.6 is 15.9 Å². The Morgan fingerprint density at radius 1 is 1.28 bits per heavy atom.